The van der Waals surface area contributed by atoms with Gasteiger partial charge in [0.05, 0.1) is 31.3 Å². The highest BCUT2D eigenvalue weighted by molar-refractivity contribution is 5.78. The summed E-state index contributed by atoms with van der Waals surface area (Å²) < 4.78 is 5.71. The first-order valence-electron chi connectivity index (χ1n) is 8.45. The SMILES string of the molecule is CCOc1ccccc1N1CCN(CC(=O)N(C)CCC#N)CC1. The number of nitrogens with zero attached hydrogens (tertiary/aromatic N) is 4. The van der Waals surface area contributed by atoms with Gasteiger partial charge in [-0.3, -0.25) is 9.69 Å². The second-order valence-electron chi connectivity index (χ2n) is 5.89. The molecule has 0 bridgehead atoms. The third kappa shape index (κ3) is 4.87. The lowest BCUT2D eigenvalue weighted by atomic mass is 10.2. The van der Waals surface area contributed by atoms with Gasteiger partial charge in [0.2, 0.25) is 5.91 Å². The Bertz CT molecular complexity index is 577. The van der Waals surface area contributed by atoms with Gasteiger partial charge < -0.3 is 14.5 Å². The predicted molar refractivity (Wildman–Crippen MR) is 94.1 cm³/mol. The molecule has 2 rings (SSSR count). The molecule has 0 aromatic heterocycles. The van der Waals surface area contributed by atoms with E-state index in [-0.39, 0.29) is 5.91 Å². The van der Waals surface area contributed by atoms with Crippen LogP contribution in [0.15, 0.2) is 24.3 Å². The number of benzene rings is 1. The van der Waals surface area contributed by atoms with E-state index in [1.54, 1.807) is 11.9 Å². The van der Waals surface area contributed by atoms with Crippen molar-refractivity contribution in [2.24, 2.45) is 0 Å². The highest BCUT2D eigenvalue weighted by atomic mass is 16.5. The maximum absolute atomic E-state index is 12.1. The van der Waals surface area contributed by atoms with Crippen LogP contribution in [-0.4, -0.2) is 68.6 Å². The van der Waals surface area contributed by atoms with E-state index in [0.717, 1.165) is 37.6 Å². The van der Waals surface area contributed by atoms with Crippen LogP contribution in [0.2, 0.25) is 0 Å². The van der Waals surface area contributed by atoms with Gasteiger partial charge in [0, 0.05) is 39.8 Å². The van der Waals surface area contributed by atoms with Crippen LogP contribution in [-0.2, 0) is 4.79 Å². The molecule has 1 fully saturated rings. The molecule has 0 atom stereocenters. The van der Waals surface area contributed by atoms with Gasteiger partial charge in [0.1, 0.15) is 5.75 Å². The molecule has 1 saturated heterocycles. The molecule has 1 aliphatic rings. The molecule has 0 saturated carbocycles. The quantitative estimate of drug-likeness (QED) is 0.760. The van der Waals surface area contributed by atoms with Crippen molar-refractivity contribution in [2.45, 2.75) is 13.3 Å². The second-order valence-corrected chi connectivity index (χ2v) is 5.89. The summed E-state index contributed by atoms with van der Waals surface area (Å²) in [5, 5.41) is 8.60. The molecule has 1 aliphatic heterocycles. The molecule has 1 amide bonds. The van der Waals surface area contributed by atoms with Crippen LogP contribution in [0.1, 0.15) is 13.3 Å². The van der Waals surface area contributed by atoms with Crippen LogP contribution in [0.4, 0.5) is 5.69 Å². The summed E-state index contributed by atoms with van der Waals surface area (Å²) in [5.41, 5.74) is 1.12. The number of rotatable bonds is 7. The minimum atomic E-state index is 0.0772. The summed E-state index contributed by atoms with van der Waals surface area (Å²) in [7, 11) is 1.76. The van der Waals surface area contributed by atoms with Crippen LogP contribution in [0, 0.1) is 11.3 Å². The van der Waals surface area contributed by atoms with Crippen molar-refractivity contribution in [1.82, 2.24) is 9.80 Å². The Morgan fingerprint density at radius 2 is 2.00 bits per heavy atom. The van der Waals surface area contributed by atoms with E-state index >= 15 is 0 Å². The summed E-state index contributed by atoms with van der Waals surface area (Å²) in [6.45, 7) is 7.00. The number of nitriles is 1. The van der Waals surface area contributed by atoms with E-state index < -0.39 is 0 Å². The highest BCUT2D eigenvalue weighted by Gasteiger charge is 2.22. The molecule has 1 heterocycles. The lowest BCUT2D eigenvalue weighted by molar-refractivity contribution is -0.131. The summed E-state index contributed by atoms with van der Waals surface area (Å²) in [6, 6.07) is 10.2. The highest BCUT2D eigenvalue weighted by Crippen LogP contribution is 2.28. The zero-order valence-electron chi connectivity index (χ0n) is 14.6. The maximum atomic E-state index is 12.1. The first kappa shape index (κ1) is 18.1. The zero-order valence-corrected chi connectivity index (χ0v) is 14.6. The van der Waals surface area contributed by atoms with Crippen LogP contribution in [0.5, 0.6) is 5.75 Å². The van der Waals surface area contributed by atoms with E-state index in [1.165, 1.54) is 0 Å². The van der Waals surface area contributed by atoms with Gasteiger partial charge >= 0.3 is 0 Å². The topological polar surface area (TPSA) is 59.8 Å². The molecule has 6 heteroatoms. The molecular weight excluding hydrogens is 304 g/mol. The number of hydrogen-bond acceptors (Lipinski definition) is 5. The summed E-state index contributed by atoms with van der Waals surface area (Å²) in [4.78, 5) is 18.3. The number of ether oxygens (including phenoxy) is 1. The van der Waals surface area contributed by atoms with Crippen molar-refractivity contribution >= 4 is 11.6 Å². The van der Waals surface area contributed by atoms with Crippen LogP contribution >= 0.6 is 0 Å². The molecule has 24 heavy (non-hydrogen) atoms. The van der Waals surface area contributed by atoms with Crippen molar-refractivity contribution < 1.29 is 9.53 Å². The van der Waals surface area contributed by atoms with Crippen molar-refractivity contribution in [2.75, 3.05) is 57.8 Å². The Kier molecular flexibility index (Phi) is 6.89. The molecule has 0 aliphatic carbocycles. The van der Waals surface area contributed by atoms with Crippen LogP contribution < -0.4 is 9.64 Å². The smallest absolute Gasteiger partial charge is 0.236 e. The van der Waals surface area contributed by atoms with Crippen molar-refractivity contribution in [3.05, 3.63) is 24.3 Å². The second kappa shape index (κ2) is 9.14. The zero-order chi connectivity index (χ0) is 17.4. The number of likely N-dealkylation sites (N-methyl/N-ethyl adjacent to an activating group) is 1. The molecule has 0 unspecified atom stereocenters. The number of carbonyl (C=O) groups is 1. The number of para-hydroxylation sites is 2. The molecule has 1 aromatic rings. The van der Waals surface area contributed by atoms with Gasteiger partial charge in [-0.15, -0.1) is 0 Å². The molecule has 130 valence electrons. The average Bonchev–Trinajstić information content (AvgIpc) is 2.61. The maximum Gasteiger partial charge on any atom is 0.236 e. The average molecular weight is 330 g/mol. The molecule has 6 nitrogen and oxygen atoms in total. The number of anilines is 1. The molecular formula is C18H26N4O2. The summed E-state index contributed by atoms with van der Waals surface area (Å²) >= 11 is 0. The lowest BCUT2D eigenvalue weighted by Crippen LogP contribution is -2.49. The van der Waals surface area contributed by atoms with E-state index in [2.05, 4.69) is 21.9 Å². The Balaban J connectivity index is 1.86. The van der Waals surface area contributed by atoms with Gasteiger partial charge in [0.15, 0.2) is 0 Å². The first-order chi connectivity index (χ1) is 11.7. The van der Waals surface area contributed by atoms with E-state index in [0.29, 0.717) is 26.1 Å². The fraction of sp³-hybridized carbons (Fsp3) is 0.556. The number of hydrogen-bond donors (Lipinski definition) is 0. The van der Waals surface area contributed by atoms with Gasteiger partial charge in [-0.1, -0.05) is 12.1 Å². The number of carbonyl (C=O) groups excluding carboxylic acids is 1. The largest absolute Gasteiger partial charge is 0.492 e. The molecule has 0 N–H and O–H groups in total. The Morgan fingerprint density at radius 1 is 1.29 bits per heavy atom. The minimum Gasteiger partial charge on any atom is -0.492 e. The Hall–Kier alpha value is -2.26. The third-order valence-electron chi connectivity index (χ3n) is 4.22. The van der Waals surface area contributed by atoms with Crippen molar-refractivity contribution in [3.63, 3.8) is 0 Å². The standard InChI is InChI=1S/C18H26N4O2/c1-3-24-17-8-5-4-7-16(17)22-13-11-21(12-14-22)15-18(23)20(2)10-6-9-19/h4-5,7-8H,3,6,10-15H2,1-2H3. The first-order valence-corrected chi connectivity index (χ1v) is 8.45. The lowest BCUT2D eigenvalue weighted by Gasteiger charge is -2.36. The van der Waals surface area contributed by atoms with Gasteiger partial charge in [-0.2, -0.15) is 5.26 Å². The molecule has 1 aromatic carbocycles. The summed E-state index contributed by atoms with van der Waals surface area (Å²) in [6.07, 6.45) is 0.379. The van der Waals surface area contributed by atoms with Gasteiger partial charge in [-0.25, -0.2) is 0 Å². The van der Waals surface area contributed by atoms with Crippen molar-refractivity contribution in [3.8, 4) is 11.8 Å². The predicted octanol–water partition coefficient (Wildman–Crippen LogP) is 1.58. The summed E-state index contributed by atoms with van der Waals surface area (Å²) in [5.74, 6) is 0.995. The van der Waals surface area contributed by atoms with Gasteiger partial charge in [-0.05, 0) is 19.1 Å². The molecule has 0 radical (unpaired) electrons. The number of piperazine rings is 1. The van der Waals surface area contributed by atoms with E-state index in [4.69, 9.17) is 10.00 Å². The van der Waals surface area contributed by atoms with E-state index in [9.17, 15) is 4.79 Å². The molecule has 0 spiro atoms. The Labute approximate surface area is 144 Å². The van der Waals surface area contributed by atoms with Crippen molar-refractivity contribution in [1.29, 1.82) is 5.26 Å². The van der Waals surface area contributed by atoms with Crippen LogP contribution in [0.25, 0.3) is 0 Å². The minimum absolute atomic E-state index is 0.0772. The number of amides is 1. The Morgan fingerprint density at radius 3 is 2.67 bits per heavy atom. The fourth-order valence-corrected chi connectivity index (χ4v) is 2.80. The normalized spacial score (nSPS) is 15.0. The van der Waals surface area contributed by atoms with Crippen LogP contribution in [0.3, 0.4) is 0 Å². The monoisotopic (exact) mass is 330 g/mol. The third-order valence-corrected chi connectivity index (χ3v) is 4.22. The fourth-order valence-electron chi connectivity index (χ4n) is 2.80. The van der Waals surface area contributed by atoms with Gasteiger partial charge in [0.25, 0.3) is 0 Å². The van der Waals surface area contributed by atoms with E-state index in [1.807, 2.05) is 25.1 Å².